The third-order valence-electron chi connectivity index (χ3n) is 5.24. The topological polar surface area (TPSA) is 81.2 Å². The second-order valence-corrected chi connectivity index (χ2v) is 7.34. The van der Waals surface area contributed by atoms with E-state index in [9.17, 15) is 9.59 Å². The molecule has 3 aromatic rings. The number of fused-ring (bicyclic) bond motifs is 2. The molecule has 0 saturated carbocycles. The third-order valence-corrected chi connectivity index (χ3v) is 5.24. The molecule has 0 fully saturated rings. The van der Waals surface area contributed by atoms with Gasteiger partial charge in [0.15, 0.2) is 12.3 Å². The number of esters is 1. The first-order valence-electron chi connectivity index (χ1n) is 9.90. The molecule has 0 aliphatic heterocycles. The summed E-state index contributed by atoms with van der Waals surface area (Å²) in [5.74, 6) is -1.02. The summed E-state index contributed by atoms with van der Waals surface area (Å²) in [7, 11) is 0. The van der Waals surface area contributed by atoms with Gasteiger partial charge in [-0.3, -0.25) is 9.78 Å². The summed E-state index contributed by atoms with van der Waals surface area (Å²) < 4.78 is 5.11. The SMILES string of the molecule is CC(NC(=O)COC(=O)c1cnc2ccccc2n1)c1ccc2c(c1)CCCC2. The molecule has 1 unspecified atom stereocenters. The second kappa shape index (κ2) is 8.39. The van der Waals surface area contributed by atoms with E-state index in [1.165, 1.54) is 30.2 Å². The van der Waals surface area contributed by atoms with E-state index < -0.39 is 5.97 Å². The Morgan fingerprint density at radius 1 is 1.07 bits per heavy atom. The zero-order valence-electron chi connectivity index (χ0n) is 16.4. The van der Waals surface area contributed by atoms with E-state index in [4.69, 9.17) is 4.74 Å². The number of ether oxygens (including phenoxy) is 1. The molecule has 29 heavy (non-hydrogen) atoms. The van der Waals surface area contributed by atoms with Gasteiger partial charge < -0.3 is 10.1 Å². The number of rotatable bonds is 5. The number of aromatic nitrogens is 2. The van der Waals surface area contributed by atoms with Gasteiger partial charge in [0.25, 0.3) is 5.91 Å². The predicted octanol–water partition coefficient (Wildman–Crippen LogP) is 3.54. The van der Waals surface area contributed by atoms with E-state index >= 15 is 0 Å². The number of carbonyl (C=O) groups is 2. The molecule has 0 radical (unpaired) electrons. The smallest absolute Gasteiger partial charge is 0.359 e. The maximum atomic E-state index is 12.2. The first-order valence-corrected chi connectivity index (χ1v) is 9.90. The monoisotopic (exact) mass is 389 g/mol. The van der Waals surface area contributed by atoms with E-state index in [1.807, 2.05) is 25.1 Å². The maximum absolute atomic E-state index is 12.2. The molecule has 148 valence electrons. The Kier molecular flexibility index (Phi) is 5.51. The van der Waals surface area contributed by atoms with Crippen LogP contribution in [-0.4, -0.2) is 28.5 Å². The van der Waals surface area contributed by atoms with Gasteiger partial charge >= 0.3 is 5.97 Å². The quantitative estimate of drug-likeness (QED) is 0.675. The molecule has 1 aliphatic rings. The van der Waals surface area contributed by atoms with Gasteiger partial charge in [-0.2, -0.15) is 0 Å². The Balaban J connectivity index is 1.33. The fourth-order valence-electron chi connectivity index (χ4n) is 3.65. The first-order chi connectivity index (χ1) is 14.1. The van der Waals surface area contributed by atoms with Crippen LogP contribution in [0.5, 0.6) is 0 Å². The van der Waals surface area contributed by atoms with Gasteiger partial charge in [-0.05, 0) is 61.4 Å². The molecule has 0 saturated heterocycles. The third kappa shape index (κ3) is 4.42. The summed E-state index contributed by atoms with van der Waals surface area (Å²) >= 11 is 0. The molecular weight excluding hydrogens is 366 g/mol. The second-order valence-electron chi connectivity index (χ2n) is 7.34. The van der Waals surface area contributed by atoms with Crippen LogP contribution in [0.1, 0.15) is 53.0 Å². The lowest BCUT2D eigenvalue weighted by Gasteiger charge is -2.20. The molecule has 1 aromatic heterocycles. The average molecular weight is 389 g/mol. The van der Waals surface area contributed by atoms with E-state index in [1.54, 1.807) is 6.07 Å². The van der Waals surface area contributed by atoms with Crippen molar-refractivity contribution in [1.29, 1.82) is 0 Å². The highest BCUT2D eigenvalue weighted by atomic mass is 16.5. The zero-order chi connectivity index (χ0) is 20.2. The van der Waals surface area contributed by atoms with Crippen molar-refractivity contribution in [2.75, 3.05) is 6.61 Å². The van der Waals surface area contributed by atoms with Crippen molar-refractivity contribution in [3.63, 3.8) is 0 Å². The molecule has 0 bridgehead atoms. The van der Waals surface area contributed by atoms with E-state index in [0.717, 1.165) is 18.4 Å². The van der Waals surface area contributed by atoms with Crippen molar-refractivity contribution in [3.05, 3.63) is 71.0 Å². The average Bonchev–Trinajstić information content (AvgIpc) is 2.76. The van der Waals surface area contributed by atoms with Crippen molar-refractivity contribution < 1.29 is 14.3 Å². The Labute approximate surface area is 169 Å². The van der Waals surface area contributed by atoms with Gasteiger partial charge in [0.1, 0.15) is 0 Å². The normalized spacial score (nSPS) is 14.1. The van der Waals surface area contributed by atoms with Crippen LogP contribution in [0.15, 0.2) is 48.7 Å². The van der Waals surface area contributed by atoms with Crippen LogP contribution in [0.2, 0.25) is 0 Å². The molecule has 1 amide bonds. The van der Waals surface area contributed by atoms with Gasteiger partial charge in [0.05, 0.1) is 23.3 Å². The van der Waals surface area contributed by atoms with Gasteiger partial charge in [0, 0.05) is 0 Å². The lowest BCUT2D eigenvalue weighted by atomic mass is 9.89. The van der Waals surface area contributed by atoms with Gasteiger partial charge in [-0.25, -0.2) is 9.78 Å². The summed E-state index contributed by atoms with van der Waals surface area (Å²) in [4.78, 5) is 32.9. The lowest BCUT2D eigenvalue weighted by Crippen LogP contribution is -2.31. The molecule has 2 aromatic carbocycles. The molecule has 1 aliphatic carbocycles. The Bertz CT molecular complexity index is 1060. The zero-order valence-corrected chi connectivity index (χ0v) is 16.4. The summed E-state index contributed by atoms with van der Waals surface area (Å²) in [5.41, 5.74) is 5.22. The van der Waals surface area contributed by atoms with Crippen molar-refractivity contribution in [2.24, 2.45) is 0 Å². The number of nitrogens with one attached hydrogen (secondary N) is 1. The van der Waals surface area contributed by atoms with Crippen LogP contribution in [0.4, 0.5) is 0 Å². The van der Waals surface area contributed by atoms with Crippen LogP contribution in [0.3, 0.4) is 0 Å². The highest BCUT2D eigenvalue weighted by Gasteiger charge is 2.16. The fourth-order valence-corrected chi connectivity index (χ4v) is 3.65. The maximum Gasteiger partial charge on any atom is 0.359 e. The number of para-hydroxylation sites is 2. The highest BCUT2D eigenvalue weighted by molar-refractivity contribution is 5.91. The standard InChI is InChI=1S/C23H23N3O3/c1-15(17-11-10-16-6-2-3-7-18(16)12-17)25-22(27)14-29-23(28)21-13-24-19-8-4-5-9-20(19)26-21/h4-5,8-13,15H,2-3,6-7,14H2,1H3,(H,25,27). The lowest BCUT2D eigenvalue weighted by molar-refractivity contribution is -0.124. The summed E-state index contributed by atoms with van der Waals surface area (Å²) in [6.45, 7) is 1.57. The van der Waals surface area contributed by atoms with E-state index in [-0.39, 0.29) is 24.2 Å². The van der Waals surface area contributed by atoms with Crippen molar-refractivity contribution in [1.82, 2.24) is 15.3 Å². The van der Waals surface area contributed by atoms with Crippen LogP contribution < -0.4 is 5.32 Å². The number of nitrogens with zero attached hydrogens (tertiary/aromatic N) is 2. The van der Waals surface area contributed by atoms with Crippen molar-refractivity contribution in [2.45, 2.75) is 38.6 Å². The summed E-state index contributed by atoms with van der Waals surface area (Å²) in [6, 6.07) is 13.5. The van der Waals surface area contributed by atoms with Gasteiger partial charge in [-0.1, -0.05) is 30.3 Å². The molecule has 6 heteroatoms. The number of hydrogen-bond acceptors (Lipinski definition) is 5. The molecule has 1 heterocycles. The fraction of sp³-hybridized carbons (Fsp3) is 0.304. The molecule has 4 rings (SSSR count). The van der Waals surface area contributed by atoms with E-state index in [2.05, 4.69) is 33.5 Å². The first kappa shape index (κ1) is 19.1. The van der Waals surface area contributed by atoms with E-state index in [0.29, 0.717) is 11.0 Å². The number of benzene rings is 2. The molecule has 6 nitrogen and oxygen atoms in total. The summed E-state index contributed by atoms with van der Waals surface area (Å²) in [5, 5.41) is 2.89. The summed E-state index contributed by atoms with van der Waals surface area (Å²) in [6.07, 6.45) is 6.03. The highest BCUT2D eigenvalue weighted by Crippen LogP contribution is 2.24. The van der Waals surface area contributed by atoms with Gasteiger partial charge in [0.2, 0.25) is 0 Å². The molecule has 1 atom stereocenters. The minimum absolute atomic E-state index is 0.0826. The Hall–Kier alpha value is -3.28. The van der Waals surface area contributed by atoms with Crippen LogP contribution in [0, 0.1) is 0 Å². The van der Waals surface area contributed by atoms with Gasteiger partial charge in [-0.15, -0.1) is 0 Å². The number of aryl methyl sites for hydroxylation is 2. The van der Waals surface area contributed by atoms with Crippen molar-refractivity contribution >= 4 is 22.9 Å². The Morgan fingerprint density at radius 3 is 2.66 bits per heavy atom. The molecule has 1 N–H and O–H groups in total. The number of carbonyl (C=O) groups excluding carboxylic acids is 2. The molecule has 0 spiro atoms. The van der Waals surface area contributed by atoms with Crippen LogP contribution >= 0.6 is 0 Å². The Morgan fingerprint density at radius 2 is 1.83 bits per heavy atom. The van der Waals surface area contributed by atoms with Crippen LogP contribution in [0.25, 0.3) is 11.0 Å². The number of amides is 1. The minimum Gasteiger partial charge on any atom is -0.451 e. The largest absolute Gasteiger partial charge is 0.451 e. The van der Waals surface area contributed by atoms with Crippen molar-refractivity contribution in [3.8, 4) is 0 Å². The van der Waals surface area contributed by atoms with Crippen LogP contribution in [-0.2, 0) is 22.4 Å². The predicted molar refractivity (Wildman–Crippen MR) is 109 cm³/mol. The molecular formula is C23H23N3O3. The number of hydrogen-bond donors (Lipinski definition) is 1. The minimum atomic E-state index is -0.667.